The van der Waals surface area contributed by atoms with Gasteiger partial charge in [-0.3, -0.25) is 0 Å². The lowest BCUT2D eigenvalue weighted by Crippen LogP contribution is -2.19. The highest BCUT2D eigenvalue weighted by Crippen LogP contribution is 2.33. The molecule has 1 rings (SSSR count). The maximum Gasteiger partial charge on any atom is 0.0462 e. The molecule has 1 aromatic rings. The van der Waals surface area contributed by atoms with E-state index in [1.54, 1.807) is 0 Å². The van der Waals surface area contributed by atoms with Crippen molar-refractivity contribution in [3.8, 4) is 0 Å². The van der Waals surface area contributed by atoms with Crippen molar-refractivity contribution >= 4 is 23.4 Å². The Hall–Kier alpha value is -0.180. The van der Waals surface area contributed by atoms with Crippen molar-refractivity contribution in [2.45, 2.75) is 51.3 Å². The summed E-state index contributed by atoms with van der Waals surface area (Å²) in [5.74, 6) is 1.33. The first-order valence-electron chi connectivity index (χ1n) is 7.06. The monoisotopic (exact) mass is 299 g/mol. The van der Waals surface area contributed by atoms with Gasteiger partial charge in [0.15, 0.2) is 0 Å². The fraction of sp³-hybridized carbons (Fsp3) is 0.625. The van der Waals surface area contributed by atoms with Crippen LogP contribution in [0.25, 0.3) is 0 Å². The molecular weight excluding hydrogens is 274 g/mol. The van der Waals surface area contributed by atoms with Crippen molar-refractivity contribution in [2.75, 3.05) is 6.54 Å². The van der Waals surface area contributed by atoms with Crippen LogP contribution in [-0.2, 0) is 6.54 Å². The maximum atomic E-state index is 6.35. The van der Waals surface area contributed by atoms with Gasteiger partial charge in [-0.05, 0) is 36.1 Å². The lowest BCUT2D eigenvalue weighted by atomic mass is 10.1. The third kappa shape index (κ3) is 5.76. The molecule has 108 valence electrons. The van der Waals surface area contributed by atoms with Gasteiger partial charge in [0.05, 0.1) is 0 Å². The molecule has 19 heavy (non-hydrogen) atoms. The van der Waals surface area contributed by atoms with Crippen LogP contribution in [0, 0.1) is 11.8 Å². The van der Waals surface area contributed by atoms with Crippen LogP contribution >= 0.6 is 23.4 Å². The summed E-state index contributed by atoms with van der Waals surface area (Å²) in [6, 6.07) is 6.21. The van der Waals surface area contributed by atoms with Gasteiger partial charge in [0.2, 0.25) is 0 Å². The van der Waals surface area contributed by atoms with Crippen LogP contribution in [0.1, 0.15) is 40.2 Å². The van der Waals surface area contributed by atoms with Crippen LogP contribution in [0.4, 0.5) is 0 Å². The summed E-state index contributed by atoms with van der Waals surface area (Å²) in [6.45, 7) is 13.1. The molecule has 0 heterocycles. The number of nitrogens with one attached hydrogen (secondary N) is 1. The number of halogens is 1. The van der Waals surface area contributed by atoms with Crippen molar-refractivity contribution in [2.24, 2.45) is 11.8 Å². The van der Waals surface area contributed by atoms with Gasteiger partial charge in [-0.1, -0.05) is 52.3 Å². The molecule has 0 amide bonds. The van der Waals surface area contributed by atoms with E-state index < -0.39 is 0 Å². The highest BCUT2D eigenvalue weighted by Gasteiger charge is 2.13. The standard InChI is InChI=1S/C16H26ClNS/c1-11(2)9-18-10-14-15(17)7-6-8-16(14)19-13(5)12(3)4/h6-8,11-13,18H,9-10H2,1-5H3. The number of hydrogen-bond donors (Lipinski definition) is 1. The van der Waals surface area contributed by atoms with Gasteiger partial charge < -0.3 is 5.32 Å². The van der Waals surface area contributed by atoms with Gasteiger partial charge in [0.1, 0.15) is 0 Å². The summed E-state index contributed by atoms with van der Waals surface area (Å²) in [5, 5.41) is 4.96. The van der Waals surface area contributed by atoms with E-state index in [9.17, 15) is 0 Å². The minimum absolute atomic E-state index is 0.599. The minimum atomic E-state index is 0.599. The largest absolute Gasteiger partial charge is 0.312 e. The van der Waals surface area contributed by atoms with Crippen molar-refractivity contribution < 1.29 is 0 Å². The maximum absolute atomic E-state index is 6.35. The van der Waals surface area contributed by atoms with Crippen LogP contribution in [0.3, 0.4) is 0 Å². The SMILES string of the molecule is CC(C)CNCc1c(Cl)cccc1SC(C)C(C)C. The fourth-order valence-electron chi connectivity index (χ4n) is 1.64. The Labute approximate surface area is 127 Å². The molecule has 0 aromatic heterocycles. The molecule has 0 spiro atoms. The molecule has 0 saturated heterocycles. The number of thioether (sulfide) groups is 1. The Kier molecular flexibility index (Phi) is 7.27. The van der Waals surface area contributed by atoms with Crippen molar-refractivity contribution in [3.05, 3.63) is 28.8 Å². The Morgan fingerprint density at radius 1 is 1.16 bits per heavy atom. The second-order valence-electron chi connectivity index (χ2n) is 5.81. The van der Waals surface area contributed by atoms with Crippen LogP contribution in [0.2, 0.25) is 5.02 Å². The molecule has 1 nitrogen and oxygen atoms in total. The fourth-order valence-corrected chi connectivity index (χ4v) is 3.09. The van der Waals surface area contributed by atoms with Crippen molar-refractivity contribution in [1.29, 1.82) is 0 Å². The Bertz CT molecular complexity index is 390. The smallest absolute Gasteiger partial charge is 0.0462 e. The van der Waals surface area contributed by atoms with Crippen molar-refractivity contribution in [3.63, 3.8) is 0 Å². The summed E-state index contributed by atoms with van der Waals surface area (Å²) in [6.07, 6.45) is 0. The summed E-state index contributed by atoms with van der Waals surface area (Å²) in [7, 11) is 0. The molecule has 1 aromatic carbocycles. The first-order chi connectivity index (χ1) is 8.91. The molecule has 0 radical (unpaired) electrons. The van der Waals surface area contributed by atoms with E-state index in [1.807, 2.05) is 23.9 Å². The summed E-state index contributed by atoms with van der Waals surface area (Å²) in [4.78, 5) is 1.31. The molecule has 0 aliphatic rings. The van der Waals surface area contributed by atoms with Gasteiger partial charge in [-0.15, -0.1) is 11.8 Å². The predicted molar refractivity (Wildman–Crippen MR) is 88.2 cm³/mol. The zero-order valence-electron chi connectivity index (χ0n) is 12.7. The molecule has 0 bridgehead atoms. The molecule has 0 fully saturated rings. The number of rotatable bonds is 7. The molecule has 1 atom stereocenters. The first-order valence-corrected chi connectivity index (χ1v) is 8.32. The second-order valence-corrected chi connectivity index (χ2v) is 7.63. The van der Waals surface area contributed by atoms with Gasteiger partial charge in [-0.25, -0.2) is 0 Å². The van der Waals surface area contributed by atoms with E-state index >= 15 is 0 Å². The Balaban J connectivity index is 2.77. The molecule has 0 aliphatic carbocycles. The summed E-state index contributed by atoms with van der Waals surface area (Å²) >= 11 is 8.28. The average Bonchev–Trinajstić information content (AvgIpc) is 2.32. The predicted octanol–water partition coefficient (Wildman–Crippen LogP) is 5.22. The van der Waals surface area contributed by atoms with E-state index in [0.717, 1.165) is 18.1 Å². The van der Waals surface area contributed by atoms with Gasteiger partial charge in [0.25, 0.3) is 0 Å². The Morgan fingerprint density at radius 3 is 2.42 bits per heavy atom. The quantitative estimate of drug-likeness (QED) is 0.693. The van der Waals surface area contributed by atoms with Crippen LogP contribution < -0.4 is 5.32 Å². The number of hydrogen-bond acceptors (Lipinski definition) is 2. The Morgan fingerprint density at radius 2 is 1.84 bits per heavy atom. The molecular formula is C16H26ClNS. The van der Waals surface area contributed by atoms with E-state index in [0.29, 0.717) is 17.1 Å². The zero-order valence-corrected chi connectivity index (χ0v) is 14.2. The van der Waals surface area contributed by atoms with Gasteiger partial charge >= 0.3 is 0 Å². The summed E-state index contributed by atoms with van der Waals surface area (Å²) < 4.78 is 0. The van der Waals surface area contributed by atoms with Crippen molar-refractivity contribution in [1.82, 2.24) is 5.32 Å². The second kappa shape index (κ2) is 8.18. The highest BCUT2D eigenvalue weighted by atomic mass is 35.5. The van der Waals surface area contributed by atoms with Gasteiger partial charge in [-0.2, -0.15) is 0 Å². The first kappa shape index (κ1) is 16.9. The minimum Gasteiger partial charge on any atom is -0.312 e. The molecule has 3 heteroatoms. The average molecular weight is 300 g/mol. The van der Waals surface area contributed by atoms with Crippen LogP contribution in [0.5, 0.6) is 0 Å². The number of benzene rings is 1. The molecule has 1 unspecified atom stereocenters. The lowest BCUT2D eigenvalue weighted by molar-refractivity contribution is 0.550. The van der Waals surface area contributed by atoms with Crippen LogP contribution in [-0.4, -0.2) is 11.8 Å². The summed E-state index contributed by atoms with van der Waals surface area (Å²) in [5.41, 5.74) is 1.24. The van der Waals surface area contributed by atoms with Crippen LogP contribution in [0.15, 0.2) is 23.1 Å². The third-order valence-corrected chi connectivity index (χ3v) is 5.09. The third-order valence-electron chi connectivity index (χ3n) is 3.18. The highest BCUT2D eigenvalue weighted by molar-refractivity contribution is 8.00. The van der Waals surface area contributed by atoms with E-state index in [4.69, 9.17) is 11.6 Å². The van der Waals surface area contributed by atoms with Gasteiger partial charge in [0, 0.05) is 21.7 Å². The molecule has 0 saturated carbocycles. The van der Waals surface area contributed by atoms with E-state index in [2.05, 4.69) is 46.0 Å². The zero-order chi connectivity index (χ0) is 14.4. The topological polar surface area (TPSA) is 12.0 Å². The molecule has 0 aliphatic heterocycles. The molecule has 1 N–H and O–H groups in total. The van der Waals surface area contributed by atoms with E-state index in [1.165, 1.54) is 10.5 Å². The lowest BCUT2D eigenvalue weighted by Gasteiger charge is -2.18. The normalized spacial score (nSPS) is 13.3. The van der Waals surface area contributed by atoms with E-state index in [-0.39, 0.29) is 0 Å².